The molecule has 6 heteroatoms. The molecule has 1 aromatic carbocycles. The van der Waals surface area contributed by atoms with Crippen LogP contribution in [0, 0.1) is 0 Å². The summed E-state index contributed by atoms with van der Waals surface area (Å²) in [6, 6.07) is 7.82. The molecule has 1 saturated heterocycles. The van der Waals surface area contributed by atoms with Crippen LogP contribution in [0.5, 0.6) is 0 Å². The molecule has 1 aliphatic rings. The number of carbonyl (C=O) groups is 3. The second kappa shape index (κ2) is 5.22. The standard InChI is InChI=1S/C12H11NO4S/c14-10-7-18-12(17)13(10)9(11(15)16)6-8-4-2-1-3-5-8/h1-5,9H,6-7H2,(H,15,16). The molecular formula is C12H11NO4S. The molecule has 1 atom stereocenters. The first kappa shape index (κ1) is 12.6. The van der Waals surface area contributed by atoms with Gasteiger partial charge in [0.1, 0.15) is 6.04 Å². The molecular weight excluding hydrogens is 254 g/mol. The average molecular weight is 265 g/mol. The van der Waals surface area contributed by atoms with Crippen LogP contribution in [0.1, 0.15) is 5.56 Å². The van der Waals surface area contributed by atoms with Crippen molar-refractivity contribution in [1.29, 1.82) is 0 Å². The van der Waals surface area contributed by atoms with Crippen molar-refractivity contribution in [2.45, 2.75) is 12.5 Å². The van der Waals surface area contributed by atoms with E-state index in [0.717, 1.165) is 22.2 Å². The lowest BCUT2D eigenvalue weighted by Gasteiger charge is -2.21. The Morgan fingerprint density at radius 1 is 1.33 bits per heavy atom. The van der Waals surface area contributed by atoms with E-state index in [0.29, 0.717) is 0 Å². The highest BCUT2D eigenvalue weighted by atomic mass is 32.2. The van der Waals surface area contributed by atoms with Gasteiger partial charge in [-0.1, -0.05) is 42.1 Å². The number of hydrogen-bond acceptors (Lipinski definition) is 4. The van der Waals surface area contributed by atoms with E-state index in [1.807, 2.05) is 6.07 Å². The topological polar surface area (TPSA) is 74.7 Å². The molecule has 1 N–H and O–H groups in total. The monoisotopic (exact) mass is 265 g/mol. The van der Waals surface area contributed by atoms with Crippen molar-refractivity contribution in [3.63, 3.8) is 0 Å². The quantitative estimate of drug-likeness (QED) is 0.890. The van der Waals surface area contributed by atoms with Gasteiger partial charge in [-0.3, -0.25) is 14.5 Å². The van der Waals surface area contributed by atoms with Crippen LogP contribution in [0.4, 0.5) is 4.79 Å². The molecule has 1 aliphatic heterocycles. The molecule has 18 heavy (non-hydrogen) atoms. The summed E-state index contributed by atoms with van der Waals surface area (Å²) in [6.07, 6.45) is 0.133. The smallest absolute Gasteiger partial charge is 0.327 e. The molecule has 0 bridgehead atoms. The number of benzene rings is 1. The van der Waals surface area contributed by atoms with Crippen LogP contribution < -0.4 is 0 Å². The fourth-order valence-corrected chi connectivity index (χ4v) is 2.55. The van der Waals surface area contributed by atoms with E-state index < -0.39 is 23.2 Å². The van der Waals surface area contributed by atoms with E-state index >= 15 is 0 Å². The van der Waals surface area contributed by atoms with Crippen LogP contribution >= 0.6 is 11.8 Å². The van der Waals surface area contributed by atoms with Gasteiger partial charge in [0.05, 0.1) is 5.75 Å². The summed E-state index contributed by atoms with van der Waals surface area (Å²) in [5, 5.41) is 8.69. The molecule has 1 unspecified atom stereocenters. The lowest BCUT2D eigenvalue weighted by atomic mass is 10.1. The SMILES string of the molecule is O=C(O)C(Cc1ccccc1)N1C(=O)CSC1=O. The van der Waals surface area contributed by atoms with E-state index in [1.165, 1.54) is 0 Å². The number of thioether (sulfide) groups is 1. The first-order valence-corrected chi connectivity index (χ1v) is 6.33. The maximum Gasteiger partial charge on any atom is 0.327 e. The van der Waals surface area contributed by atoms with Gasteiger partial charge in [0, 0.05) is 6.42 Å². The van der Waals surface area contributed by atoms with E-state index in [4.69, 9.17) is 0 Å². The van der Waals surface area contributed by atoms with Gasteiger partial charge in [0.15, 0.2) is 0 Å². The summed E-state index contributed by atoms with van der Waals surface area (Å²) in [5.41, 5.74) is 0.780. The number of aliphatic carboxylic acids is 1. The number of hydrogen-bond donors (Lipinski definition) is 1. The van der Waals surface area contributed by atoms with Crippen LogP contribution in [0.3, 0.4) is 0 Å². The Labute approximate surface area is 108 Å². The molecule has 0 radical (unpaired) electrons. The zero-order chi connectivity index (χ0) is 13.1. The van der Waals surface area contributed by atoms with Crippen molar-refractivity contribution in [1.82, 2.24) is 4.90 Å². The minimum atomic E-state index is -1.16. The van der Waals surface area contributed by atoms with E-state index in [2.05, 4.69) is 0 Å². The van der Waals surface area contributed by atoms with Crippen LogP contribution in [-0.2, 0) is 16.0 Å². The molecule has 1 fully saturated rings. The minimum Gasteiger partial charge on any atom is -0.480 e. The highest BCUT2D eigenvalue weighted by Gasteiger charge is 2.39. The number of amides is 2. The van der Waals surface area contributed by atoms with Gasteiger partial charge in [0.25, 0.3) is 5.24 Å². The average Bonchev–Trinajstić information content (AvgIpc) is 2.67. The second-order valence-corrected chi connectivity index (χ2v) is 4.79. The number of carboxylic acids is 1. The molecule has 2 amide bonds. The molecule has 2 rings (SSSR count). The highest BCUT2D eigenvalue weighted by molar-refractivity contribution is 8.14. The van der Waals surface area contributed by atoms with Crippen LogP contribution in [0.2, 0.25) is 0 Å². The summed E-state index contributed by atoms with van der Waals surface area (Å²) in [6.45, 7) is 0. The Balaban J connectivity index is 2.21. The van der Waals surface area contributed by atoms with E-state index in [9.17, 15) is 19.5 Å². The van der Waals surface area contributed by atoms with Crippen molar-refractivity contribution in [2.24, 2.45) is 0 Å². The molecule has 0 aromatic heterocycles. The molecule has 0 spiro atoms. The Kier molecular flexibility index (Phi) is 3.66. The summed E-state index contributed by atoms with van der Waals surface area (Å²) in [5.74, 6) is -1.58. The van der Waals surface area contributed by atoms with Gasteiger partial charge < -0.3 is 5.11 Å². The molecule has 5 nitrogen and oxygen atoms in total. The van der Waals surface area contributed by atoms with Crippen molar-refractivity contribution in [2.75, 3.05) is 5.75 Å². The Hall–Kier alpha value is -1.82. The maximum absolute atomic E-state index is 11.5. The predicted octanol–water partition coefficient (Wildman–Crippen LogP) is 1.38. The maximum atomic E-state index is 11.5. The first-order chi connectivity index (χ1) is 8.59. The lowest BCUT2D eigenvalue weighted by Crippen LogP contribution is -2.45. The van der Waals surface area contributed by atoms with Crippen LogP contribution in [0.15, 0.2) is 30.3 Å². The normalized spacial score (nSPS) is 17.0. The first-order valence-electron chi connectivity index (χ1n) is 5.35. The zero-order valence-corrected chi connectivity index (χ0v) is 10.2. The predicted molar refractivity (Wildman–Crippen MR) is 66.3 cm³/mol. The Morgan fingerprint density at radius 3 is 2.50 bits per heavy atom. The Morgan fingerprint density at radius 2 is 2.00 bits per heavy atom. The number of carbonyl (C=O) groups excluding carboxylic acids is 2. The number of nitrogens with zero attached hydrogens (tertiary/aromatic N) is 1. The van der Waals surface area contributed by atoms with Crippen LogP contribution in [-0.4, -0.2) is 38.9 Å². The third kappa shape index (κ3) is 2.53. The number of imide groups is 1. The lowest BCUT2D eigenvalue weighted by molar-refractivity contribution is -0.146. The van der Waals surface area contributed by atoms with E-state index in [-0.39, 0.29) is 12.2 Å². The third-order valence-electron chi connectivity index (χ3n) is 2.65. The second-order valence-electron chi connectivity index (χ2n) is 3.86. The summed E-state index contributed by atoms with van der Waals surface area (Å²) in [4.78, 5) is 35.1. The fraction of sp³-hybridized carbons (Fsp3) is 0.250. The van der Waals surface area contributed by atoms with Gasteiger partial charge in [-0.15, -0.1) is 0 Å². The van der Waals surface area contributed by atoms with Crippen LogP contribution in [0.25, 0.3) is 0 Å². The van der Waals surface area contributed by atoms with Gasteiger partial charge in [-0.25, -0.2) is 4.79 Å². The molecule has 0 saturated carbocycles. The van der Waals surface area contributed by atoms with Crippen molar-refractivity contribution in [3.8, 4) is 0 Å². The van der Waals surface area contributed by atoms with Gasteiger partial charge in [-0.05, 0) is 5.56 Å². The zero-order valence-electron chi connectivity index (χ0n) is 9.41. The summed E-state index contributed by atoms with van der Waals surface area (Å²) >= 11 is 0.844. The largest absolute Gasteiger partial charge is 0.480 e. The summed E-state index contributed by atoms with van der Waals surface area (Å²) in [7, 11) is 0. The van der Waals surface area contributed by atoms with E-state index in [1.54, 1.807) is 24.3 Å². The van der Waals surface area contributed by atoms with Gasteiger partial charge in [0.2, 0.25) is 5.91 Å². The molecule has 0 aliphatic carbocycles. The van der Waals surface area contributed by atoms with Crippen molar-refractivity contribution < 1.29 is 19.5 Å². The molecule has 1 heterocycles. The molecule has 1 aromatic rings. The van der Waals surface area contributed by atoms with Crippen molar-refractivity contribution >= 4 is 28.9 Å². The van der Waals surface area contributed by atoms with Gasteiger partial charge >= 0.3 is 5.97 Å². The fourth-order valence-electron chi connectivity index (χ4n) is 1.79. The number of rotatable bonds is 4. The minimum absolute atomic E-state index is 0.0252. The highest BCUT2D eigenvalue weighted by Crippen LogP contribution is 2.23. The number of carboxylic acid groups (broad SMARTS) is 1. The van der Waals surface area contributed by atoms with Gasteiger partial charge in [-0.2, -0.15) is 0 Å². The molecule has 94 valence electrons. The summed E-state index contributed by atoms with van der Waals surface area (Å²) < 4.78 is 0. The van der Waals surface area contributed by atoms with Crippen molar-refractivity contribution in [3.05, 3.63) is 35.9 Å². The third-order valence-corrected chi connectivity index (χ3v) is 3.49. The Bertz CT molecular complexity index is 472.